The van der Waals surface area contributed by atoms with Crippen molar-refractivity contribution >= 4 is 46.3 Å². The van der Waals surface area contributed by atoms with Crippen molar-refractivity contribution in [1.82, 2.24) is 5.43 Å². The van der Waals surface area contributed by atoms with Crippen LogP contribution in [-0.4, -0.2) is 37.4 Å². The highest BCUT2D eigenvalue weighted by atomic mass is 127. The van der Waals surface area contributed by atoms with E-state index in [2.05, 4.69) is 15.8 Å². The number of halogens is 1. The lowest BCUT2D eigenvalue weighted by Gasteiger charge is -2.06. The monoisotopic (exact) mass is 497 g/mol. The van der Waals surface area contributed by atoms with Crippen molar-refractivity contribution in [2.45, 2.75) is 12.8 Å². The van der Waals surface area contributed by atoms with Gasteiger partial charge in [0.05, 0.1) is 24.0 Å². The number of phenols is 1. The fourth-order valence-corrected chi connectivity index (χ4v) is 2.81. The number of hydrogen-bond donors (Lipinski definition) is 3. The zero-order chi connectivity index (χ0) is 20.5. The van der Waals surface area contributed by atoms with E-state index in [1.54, 1.807) is 43.5 Å². The number of nitrogens with zero attached hydrogens (tertiary/aromatic N) is 1. The van der Waals surface area contributed by atoms with E-state index in [1.807, 2.05) is 22.6 Å². The van der Waals surface area contributed by atoms with Crippen molar-refractivity contribution in [3.63, 3.8) is 0 Å². The number of ether oxygens (including phenoxy) is 2. The molecule has 9 heteroatoms. The Morgan fingerprint density at radius 3 is 2.43 bits per heavy atom. The lowest BCUT2D eigenvalue weighted by atomic mass is 10.2. The van der Waals surface area contributed by atoms with Crippen LogP contribution in [0.2, 0.25) is 0 Å². The third kappa shape index (κ3) is 6.41. The molecule has 0 aliphatic rings. The Hall–Kier alpha value is -2.82. The molecule has 0 heterocycles. The van der Waals surface area contributed by atoms with Gasteiger partial charge in [0.2, 0.25) is 11.8 Å². The highest BCUT2D eigenvalue weighted by Gasteiger charge is 2.09. The number of rotatable bonds is 8. The molecule has 0 aliphatic heterocycles. The summed E-state index contributed by atoms with van der Waals surface area (Å²) in [5, 5.41) is 16.4. The second-order valence-electron chi connectivity index (χ2n) is 5.62. The second-order valence-corrected chi connectivity index (χ2v) is 6.79. The topological polar surface area (TPSA) is 109 Å². The lowest BCUT2D eigenvalue weighted by Crippen LogP contribution is -2.20. The van der Waals surface area contributed by atoms with Crippen LogP contribution in [0.4, 0.5) is 5.69 Å². The van der Waals surface area contributed by atoms with E-state index in [4.69, 9.17) is 9.47 Å². The quantitative estimate of drug-likeness (QED) is 0.295. The van der Waals surface area contributed by atoms with Crippen LogP contribution in [0.15, 0.2) is 41.5 Å². The van der Waals surface area contributed by atoms with Crippen molar-refractivity contribution in [3.8, 4) is 17.2 Å². The zero-order valence-corrected chi connectivity index (χ0v) is 17.5. The summed E-state index contributed by atoms with van der Waals surface area (Å²) >= 11 is 1.97. The van der Waals surface area contributed by atoms with Crippen molar-refractivity contribution in [3.05, 3.63) is 45.5 Å². The summed E-state index contributed by atoms with van der Waals surface area (Å²) in [6, 6.07) is 10.2. The number of aromatic hydroxyl groups is 1. The average Bonchev–Trinajstić information content (AvgIpc) is 2.69. The van der Waals surface area contributed by atoms with E-state index >= 15 is 0 Å². The molecule has 0 bridgehead atoms. The van der Waals surface area contributed by atoms with Gasteiger partial charge in [-0.15, -0.1) is 0 Å². The maximum Gasteiger partial charge on any atom is 0.240 e. The first-order valence-corrected chi connectivity index (χ1v) is 9.33. The molecular weight excluding hydrogens is 477 g/mol. The second kappa shape index (κ2) is 10.5. The van der Waals surface area contributed by atoms with Crippen LogP contribution < -0.4 is 20.2 Å². The molecule has 0 aliphatic carbocycles. The van der Waals surface area contributed by atoms with Gasteiger partial charge < -0.3 is 19.9 Å². The number of phenolic OH excluding ortho intramolecular Hbond substituents is 1. The van der Waals surface area contributed by atoms with Crippen molar-refractivity contribution in [2.24, 2.45) is 5.10 Å². The molecule has 28 heavy (non-hydrogen) atoms. The van der Waals surface area contributed by atoms with Crippen LogP contribution in [-0.2, 0) is 9.59 Å². The van der Waals surface area contributed by atoms with E-state index < -0.39 is 0 Å². The van der Waals surface area contributed by atoms with E-state index in [0.717, 1.165) is 0 Å². The van der Waals surface area contributed by atoms with Gasteiger partial charge >= 0.3 is 0 Å². The molecule has 0 saturated carbocycles. The summed E-state index contributed by atoms with van der Waals surface area (Å²) in [5.74, 6) is 0.391. The Morgan fingerprint density at radius 2 is 1.79 bits per heavy atom. The molecular formula is C19H20IN3O5. The summed E-state index contributed by atoms with van der Waals surface area (Å²) in [6.45, 7) is 0. The van der Waals surface area contributed by atoms with E-state index in [0.29, 0.717) is 26.3 Å². The van der Waals surface area contributed by atoms with E-state index in [9.17, 15) is 14.7 Å². The predicted octanol–water partition coefficient (Wildman–Crippen LogP) is 2.88. The first-order chi connectivity index (χ1) is 13.4. The molecule has 2 aromatic carbocycles. The first kappa shape index (κ1) is 21.5. The van der Waals surface area contributed by atoms with Gasteiger partial charge in [0.25, 0.3) is 0 Å². The maximum absolute atomic E-state index is 11.9. The molecule has 0 spiro atoms. The van der Waals surface area contributed by atoms with E-state index in [-0.39, 0.29) is 30.4 Å². The molecule has 2 rings (SSSR count). The summed E-state index contributed by atoms with van der Waals surface area (Å²) in [6.07, 6.45) is 1.45. The minimum Gasteiger partial charge on any atom is -0.504 e. The SMILES string of the molecule is COc1ccc(NC(=O)CCC(=O)NN=Cc2cc(I)c(O)c(OC)c2)cc1. The van der Waals surface area contributed by atoms with Crippen LogP contribution in [0, 0.1) is 3.57 Å². The first-order valence-electron chi connectivity index (χ1n) is 8.25. The molecule has 2 amide bonds. The summed E-state index contributed by atoms with van der Waals surface area (Å²) < 4.78 is 10.7. The molecule has 0 saturated heterocycles. The van der Waals surface area contributed by atoms with E-state index in [1.165, 1.54) is 13.3 Å². The Kier molecular flexibility index (Phi) is 8.05. The molecule has 0 fully saturated rings. The Balaban J connectivity index is 1.79. The van der Waals surface area contributed by atoms with Gasteiger partial charge in [-0.2, -0.15) is 5.10 Å². The minimum atomic E-state index is -0.387. The molecule has 0 atom stereocenters. The van der Waals surface area contributed by atoms with Gasteiger partial charge in [0.1, 0.15) is 5.75 Å². The van der Waals surface area contributed by atoms with Crippen LogP contribution in [0.1, 0.15) is 18.4 Å². The van der Waals surface area contributed by atoms with Gasteiger partial charge in [-0.1, -0.05) is 0 Å². The number of carbonyl (C=O) groups is 2. The number of nitrogens with one attached hydrogen (secondary N) is 2. The minimum absolute atomic E-state index is 0.00420. The third-order valence-electron chi connectivity index (χ3n) is 3.63. The van der Waals surface area contributed by atoms with Gasteiger partial charge in [-0.3, -0.25) is 9.59 Å². The van der Waals surface area contributed by atoms with Crippen molar-refractivity contribution < 1.29 is 24.2 Å². The zero-order valence-electron chi connectivity index (χ0n) is 15.4. The Labute approximate surface area is 176 Å². The Morgan fingerprint density at radius 1 is 1.11 bits per heavy atom. The number of hydrazone groups is 1. The van der Waals surface area contributed by atoms with Crippen LogP contribution >= 0.6 is 22.6 Å². The number of benzene rings is 2. The van der Waals surface area contributed by atoms with Gasteiger partial charge in [-0.05, 0) is 64.6 Å². The number of amides is 2. The van der Waals surface area contributed by atoms with Crippen LogP contribution in [0.25, 0.3) is 0 Å². The standard InChI is InChI=1S/C19H20IN3O5/c1-27-14-5-3-13(4-6-14)22-17(24)7-8-18(25)23-21-11-12-9-15(20)19(26)16(10-12)28-2/h3-6,9-11,26H,7-8H2,1-2H3,(H,22,24)(H,23,25). The van der Waals surface area contributed by atoms with Crippen molar-refractivity contribution in [1.29, 1.82) is 0 Å². The average molecular weight is 497 g/mol. The van der Waals surface area contributed by atoms with Crippen molar-refractivity contribution in [2.75, 3.05) is 19.5 Å². The normalized spacial score (nSPS) is 10.5. The number of carbonyl (C=O) groups excluding carboxylic acids is 2. The molecule has 3 N–H and O–H groups in total. The maximum atomic E-state index is 11.9. The predicted molar refractivity (Wildman–Crippen MR) is 114 cm³/mol. The number of anilines is 1. The molecule has 148 valence electrons. The van der Waals surface area contributed by atoms with Gasteiger partial charge in [-0.25, -0.2) is 5.43 Å². The fourth-order valence-electron chi connectivity index (χ4n) is 2.18. The van der Waals surface area contributed by atoms with Gasteiger partial charge in [0.15, 0.2) is 11.5 Å². The number of hydrogen-bond acceptors (Lipinski definition) is 6. The Bertz CT molecular complexity index is 869. The smallest absolute Gasteiger partial charge is 0.240 e. The van der Waals surface area contributed by atoms with Crippen LogP contribution in [0.5, 0.6) is 17.2 Å². The highest BCUT2D eigenvalue weighted by Crippen LogP contribution is 2.31. The largest absolute Gasteiger partial charge is 0.504 e. The highest BCUT2D eigenvalue weighted by molar-refractivity contribution is 14.1. The molecule has 0 aromatic heterocycles. The number of methoxy groups -OCH3 is 2. The summed E-state index contributed by atoms with van der Waals surface area (Å²) in [7, 11) is 3.01. The molecule has 0 unspecified atom stereocenters. The summed E-state index contributed by atoms with van der Waals surface area (Å²) in [5.41, 5.74) is 3.64. The lowest BCUT2D eigenvalue weighted by molar-refractivity contribution is -0.124. The summed E-state index contributed by atoms with van der Waals surface area (Å²) in [4.78, 5) is 23.7. The van der Waals surface area contributed by atoms with Crippen LogP contribution in [0.3, 0.4) is 0 Å². The molecule has 2 aromatic rings. The third-order valence-corrected chi connectivity index (χ3v) is 4.45. The fraction of sp³-hybridized carbons (Fsp3) is 0.211. The molecule has 8 nitrogen and oxygen atoms in total. The molecule has 0 radical (unpaired) electrons. The van der Waals surface area contributed by atoms with Gasteiger partial charge in [0, 0.05) is 18.5 Å².